The number of fused-ring (bicyclic) bond motifs is 11. The van der Waals surface area contributed by atoms with E-state index in [1.165, 1.54) is 59.9 Å². The van der Waals surface area contributed by atoms with Gasteiger partial charge in [0.1, 0.15) is 22.3 Å². The van der Waals surface area contributed by atoms with Crippen LogP contribution in [0, 0.1) is 0 Å². The van der Waals surface area contributed by atoms with Crippen LogP contribution in [-0.2, 0) is 5.41 Å². The van der Waals surface area contributed by atoms with Crippen molar-refractivity contribution in [2.45, 2.75) is 37.5 Å². The van der Waals surface area contributed by atoms with E-state index in [4.69, 9.17) is 23.8 Å². The van der Waals surface area contributed by atoms with Gasteiger partial charge in [0.2, 0.25) is 0 Å². The molecule has 2 aliphatic rings. The molecule has 0 radical (unpaired) electrons. The minimum absolute atomic E-state index is 0.0949. The zero-order valence-corrected chi connectivity index (χ0v) is 30.6. The van der Waals surface area contributed by atoms with Crippen LogP contribution in [0.1, 0.15) is 43.2 Å². The van der Waals surface area contributed by atoms with E-state index in [9.17, 15) is 0 Å². The Morgan fingerprint density at radius 2 is 0.857 bits per heavy atom. The minimum atomic E-state index is 0.0949. The Labute approximate surface area is 323 Å². The quantitative estimate of drug-likeness (QED) is 0.181. The van der Waals surface area contributed by atoms with Gasteiger partial charge >= 0.3 is 0 Å². The number of rotatable bonds is 4. The van der Waals surface area contributed by atoms with E-state index in [-0.39, 0.29) is 5.41 Å². The Bertz CT molecular complexity index is 3070. The first-order valence-electron chi connectivity index (χ1n) is 19.6. The van der Waals surface area contributed by atoms with E-state index >= 15 is 0 Å². The van der Waals surface area contributed by atoms with Gasteiger partial charge in [-0.15, -0.1) is 0 Å². The normalized spacial score (nSPS) is 14.6. The Kier molecular flexibility index (Phi) is 6.79. The van der Waals surface area contributed by atoms with Crippen LogP contribution in [0.4, 0.5) is 0 Å². The summed E-state index contributed by atoms with van der Waals surface area (Å²) in [4.78, 5) is 15.4. The van der Waals surface area contributed by atoms with Crippen molar-refractivity contribution in [3.8, 4) is 56.4 Å². The highest BCUT2D eigenvalue weighted by Gasteiger charge is 2.43. The van der Waals surface area contributed by atoms with Crippen molar-refractivity contribution in [1.29, 1.82) is 0 Å². The van der Waals surface area contributed by atoms with Crippen molar-refractivity contribution >= 4 is 43.9 Å². The molecule has 7 aromatic carbocycles. The fraction of sp³-hybridized carbons (Fsp3) is 0.118. The molecule has 3 heterocycles. The molecular weight excluding hydrogens is 687 g/mol. The highest BCUT2D eigenvalue weighted by molar-refractivity contribution is 6.06. The van der Waals surface area contributed by atoms with E-state index in [0.717, 1.165) is 66.1 Å². The fourth-order valence-corrected chi connectivity index (χ4v) is 9.66. The average molecular weight is 722 g/mol. The summed E-state index contributed by atoms with van der Waals surface area (Å²) in [7, 11) is 0. The number of furan rings is 2. The summed E-state index contributed by atoms with van der Waals surface area (Å²) in [5.74, 6) is 1.77. The second kappa shape index (κ2) is 12.1. The van der Waals surface area contributed by atoms with Crippen LogP contribution in [0.15, 0.2) is 160 Å². The second-order valence-electron chi connectivity index (χ2n) is 15.5. The standard InChI is InChI=1S/C51H35N3O2/c1-8-25-51(26-9-1)42-16-5-2-13-36(42)37-22-19-32(28-43(37)51)31-11-10-12-33(27-31)48-52-49(34-20-23-40-38-14-3-6-17-44(38)55-46(40)29-34)54-50(53-48)35-21-24-41-39-15-4-7-18-45(39)56-47(41)30-35/h2-7,10-24,27-30H,1,8-9,25-26H2. The zero-order chi connectivity index (χ0) is 36.8. The number of hydrogen-bond donors (Lipinski definition) is 0. The number of benzene rings is 7. The van der Waals surface area contributed by atoms with Crippen molar-refractivity contribution in [2.24, 2.45) is 0 Å². The van der Waals surface area contributed by atoms with Crippen LogP contribution in [0.25, 0.3) is 100 Å². The fourth-order valence-electron chi connectivity index (χ4n) is 9.66. The largest absolute Gasteiger partial charge is 0.456 e. The van der Waals surface area contributed by atoms with Crippen molar-refractivity contribution in [2.75, 3.05) is 0 Å². The Hall–Kier alpha value is -6.85. The van der Waals surface area contributed by atoms with Gasteiger partial charge < -0.3 is 8.83 Å². The van der Waals surface area contributed by atoms with Crippen LogP contribution in [0.2, 0.25) is 0 Å². The summed E-state index contributed by atoms with van der Waals surface area (Å²) in [5, 5.41) is 4.31. The molecule has 5 heteroatoms. The first-order valence-corrected chi connectivity index (χ1v) is 19.6. The molecule has 5 nitrogen and oxygen atoms in total. The number of para-hydroxylation sites is 2. The van der Waals surface area contributed by atoms with Crippen LogP contribution in [0.5, 0.6) is 0 Å². The number of aromatic nitrogens is 3. The van der Waals surface area contributed by atoms with Crippen molar-refractivity contribution in [3.63, 3.8) is 0 Å². The molecule has 0 bridgehead atoms. The van der Waals surface area contributed by atoms with Gasteiger partial charge in [0.25, 0.3) is 0 Å². The van der Waals surface area contributed by atoms with Gasteiger partial charge in [0.15, 0.2) is 17.5 Å². The lowest BCUT2D eigenvalue weighted by atomic mass is 9.67. The minimum Gasteiger partial charge on any atom is -0.456 e. The maximum Gasteiger partial charge on any atom is 0.164 e. The lowest BCUT2D eigenvalue weighted by molar-refractivity contribution is 0.353. The molecule has 0 N–H and O–H groups in total. The van der Waals surface area contributed by atoms with Crippen LogP contribution in [-0.4, -0.2) is 15.0 Å². The molecule has 0 saturated heterocycles. The zero-order valence-electron chi connectivity index (χ0n) is 30.6. The van der Waals surface area contributed by atoms with Gasteiger partial charge in [-0.1, -0.05) is 122 Å². The van der Waals surface area contributed by atoms with E-state index in [1.807, 2.05) is 48.5 Å². The molecule has 0 aliphatic heterocycles. The molecule has 0 amide bonds. The molecule has 56 heavy (non-hydrogen) atoms. The highest BCUT2D eigenvalue weighted by atomic mass is 16.3. The van der Waals surface area contributed by atoms with Crippen molar-refractivity contribution in [1.82, 2.24) is 15.0 Å². The van der Waals surface area contributed by atoms with Crippen molar-refractivity contribution in [3.05, 3.63) is 163 Å². The maximum atomic E-state index is 6.30. The van der Waals surface area contributed by atoms with Gasteiger partial charge in [-0.25, -0.2) is 15.0 Å². The molecule has 10 aromatic rings. The van der Waals surface area contributed by atoms with E-state index < -0.39 is 0 Å². The third-order valence-corrected chi connectivity index (χ3v) is 12.3. The monoisotopic (exact) mass is 721 g/mol. The molecule has 0 atom stereocenters. The Morgan fingerprint density at radius 3 is 1.52 bits per heavy atom. The Balaban J connectivity index is 1.00. The molecule has 1 spiro atoms. The molecule has 1 fully saturated rings. The summed E-state index contributed by atoms with van der Waals surface area (Å²) < 4.78 is 12.6. The molecule has 266 valence electrons. The highest BCUT2D eigenvalue weighted by Crippen LogP contribution is 2.56. The summed E-state index contributed by atoms with van der Waals surface area (Å²) in [6.07, 6.45) is 6.26. The molecule has 12 rings (SSSR count). The molecule has 3 aromatic heterocycles. The third kappa shape index (κ3) is 4.77. The molecule has 2 aliphatic carbocycles. The Morgan fingerprint density at radius 1 is 0.357 bits per heavy atom. The number of hydrogen-bond acceptors (Lipinski definition) is 5. The summed E-state index contributed by atoms with van der Waals surface area (Å²) in [6.45, 7) is 0. The van der Waals surface area contributed by atoms with Gasteiger partial charge in [0, 0.05) is 43.7 Å². The van der Waals surface area contributed by atoms with E-state index in [0.29, 0.717) is 17.5 Å². The van der Waals surface area contributed by atoms with E-state index in [1.54, 1.807) is 0 Å². The number of nitrogens with zero attached hydrogens (tertiary/aromatic N) is 3. The van der Waals surface area contributed by atoms with Crippen LogP contribution in [0.3, 0.4) is 0 Å². The van der Waals surface area contributed by atoms with Gasteiger partial charge in [-0.3, -0.25) is 0 Å². The lowest BCUT2D eigenvalue weighted by Crippen LogP contribution is -2.28. The average Bonchev–Trinajstić information content (AvgIpc) is 3.91. The summed E-state index contributed by atoms with van der Waals surface area (Å²) in [5.41, 5.74) is 14.2. The summed E-state index contributed by atoms with van der Waals surface area (Å²) in [6, 6.07) is 53.5. The molecule has 1 saturated carbocycles. The van der Waals surface area contributed by atoms with E-state index in [2.05, 4.69) is 103 Å². The van der Waals surface area contributed by atoms with Crippen LogP contribution < -0.4 is 0 Å². The smallest absolute Gasteiger partial charge is 0.164 e. The van der Waals surface area contributed by atoms with Gasteiger partial charge in [-0.2, -0.15) is 0 Å². The van der Waals surface area contributed by atoms with Crippen molar-refractivity contribution < 1.29 is 8.83 Å². The summed E-state index contributed by atoms with van der Waals surface area (Å²) >= 11 is 0. The predicted molar refractivity (Wildman–Crippen MR) is 225 cm³/mol. The maximum absolute atomic E-state index is 6.30. The molecular formula is C51H35N3O2. The SMILES string of the molecule is c1cc(-c2ccc3c(c2)C2(CCCCC2)c2ccccc2-3)cc(-c2nc(-c3ccc4c(c3)oc3ccccc34)nc(-c3ccc4c(c3)oc3ccccc34)n2)c1. The second-order valence-corrected chi connectivity index (χ2v) is 15.5. The predicted octanol–water partition coefficient (Wildman–Crippen LogP) is 13.6. The molecule has 0 unspecified atom stereocenters. The third-order valence-electron chi connectivity index (χ3n) is 12.3. The lowest BCUT2D eigenvalue weighted by Gasteiger charge is -2.36. The topological polar surface area (TPSA) is 65.0 Å². The van der Waals surface area contributed by atoms with Gasteiger partial charge in [0.05, 0.1) is 0 Å². The van der Waals surface area contributed by atoms with Crippen LogP contribution >= 0.6 is 0 Å². The van der Waals surface area contributed by atoms with Gasteiger partial charge in [-0.05, 0) is 94.8 Å². The first-order chi connectivity index (χ1) is 27.7. The first kappa shape index (κ1) is 31.5.